The Morgan fingerprint density at radius 2 is 1.35 bits per heavy atom. The largest absolute Gasteiger partial charge is 0.203 e. The van der Waals surface area contributed by atoms with Crippen LogP contribution < -0.4 is 0 Å². The Morgan fingerprint density at radius 3 is 1.88 bits per heavy atom. The summed E-state index contributed by atoms with van der Waals surface area (Å²) >= 11 is 0. The van der Waals surface area contributed by atoms with Crippen molar-refractivity contribution in [3.8, 4) is 0 Å². The van der Waals surface area contributed by atoms with Gasteiger partial charge < -0.3 is 0 Å². The van der Waals surface area contributed by atoms with Gasteiger partial charge in [-0.05, 0) is 5.56 Å². The highest BCUT2D eigenvalue weighted by atomic mass is 19.2. The third-order valence-corrected chi connectivity index (χ3v) is 2.36. The molecule has 2 aromatic rings. The second-order valence-corrected chi connectivity index (χ2v) is 3.52. The summed E-state index contributed by atoms with van der Waals surface area (Å²) in [7, 11) is 0. The zero-order valence-corrected chi connectivity index (χ0v) is 8.61. The molecule has 0 N–H and O–H groups in total. The predicted molar refractivity (Wildman–Crippen MR) is 54.4 cm³/mol. The van der Waals surface area contributed by atoms with Crippen LogP contribution in [0.1, 0.15) is 11.1 Å². The lowest BCUT2D eigenvalue weighted by Crippen LogP contribution is -2.03. The Labute approximate surface area is 95.5 Å². The van der Waals surface area contributed by atoms with Gasteiger partial charge in [0.1, 0.15) is 0 Å². The summed E-state index contributed by atoms with van der Waals surface area (Å²) in [6, 6.07) is 9.66. The molecule has 2 aromatic carbocycles. The summed E-state index contributed by atoms with van der Waals surface area (Å²) in [6.07, 6.45) is -0.207. The Morgan fingerprint density at radius 1 is 0.824 bits per heavy atom. The first kappa shape index (κ1) is 11.6. The fourth-order valence-electron chi connectivity index (χ4n) is 1.52. The van der Waals surface area contributed by atoms with Gasteiger partial charge in [-0.1, -0.05) is 30.3 Å². The van der Waals surface area contributed by atoms with Crippen LogP contribution >= 0.6 is 0 Å². The standard InChI is InChI=1S/C13H7F4/c14-10-7-11(15)13(17)9(12(10)16)6-8-4-2-1-3-5-8/h1-5H,6H2. The topological polar surface area (TPSA) is 0 Å². The van der Waals surface area contributed by atoms with Gasteiger partial charge >= 0.3 is 0 Å². The van der Waals surface area contributed by atoms with Crippen molar-refractivity contribution in [1.82, 2.24) is 0 Å². The van der Waals surface area contributed by atoms with Crippen LogP contribution in [0, 0.1) is 29.3 Å². The van der Waals surface area contributed by atoms with Gasteiger partial charge in [-0.2, -0.15) is 0 Å². The second kappa shape index (κ2) is 4.57. The number of hydrogen-bond donors (Lipinski definition) is 0. The molecule has 0 fully saturated rings. The van der Waals surface area contributed by atoms with Gasteiger partial charge in [-0.15, -0.1) is 0 Å². The van der Waals surface area contributed by atoms with E-state index in [1.165, 1.54) is 6.07 Å². The first-order chi connectivity index (χ1) is 8.09. The SMILES string of the molecule is Fc1[c]c(F)c(F)c(Cc2ccccc2)c1F. The quantitative estimate of drug-likeness (QED) is 0.554. The highest BCUT2D eigenvalue weighted by Gasteiger charge is 2.19. The molecule has 0 unspecified atom stereocenters. The number of rotatable bonds is 2. The van der Waals surface area contributed by atoms with E-state index in [0.717, 1.165) is 0 Å². The molecule has 17 heavy (non-hydrogen) atoms. The molecule has 0 aliphatic carbocycles. The minimum absolute atomic E-state index is 0.207. The van der Waals surface area contributed by atoms with Crippen LogP contribution in [-0.4, -0.2) is 0 Å². The van der Waals surface area contributed by atoms with Crippen molar-refractivity contribution in [2.75, 3.05) is 0 Å². The van der Waals surface area contributed by atoms with Crippen LogP contribution in [0.2, 0.25) is 0 Å². The zero-order valence-electron chi connectivity index (χ0n) is 8.61. The molecule has 0 bridgehead atoms. The molecule has 0 atom stereocenters. The number of benzene rings is 2. The van der Waals surface area contributed by atoms with Gasteiger partial charge in [0.2, 0.25) is 0 Å². The maximum atomic E-state index is 13.3. The molecular weight excluding hydrogens is 232 g/mol. The van der Waals surface area contributed by atoms with E-state index in [4.69, 9.17) is 0 Å². The first-order valence-electron chi connectivity index (χ1n) is 4.87. The predicted octanol–water partition coefficient (Wildman–Crippen LogP) is 3.63. The molecule has 1 radical (unpaired) electrons. The summed E-state index contributed by atoms with van der Waals surface area (Å²) in [4.78, 5) is 0. The summed E-state index contributed by atoms with van der Waals surface area (Å²) < 4.78 is 52.4. The summed E-state index contributed by atoms with van der Waals surface area (Å²) in [6.45, 7) is 0. The first-order valence-corrected chi connectivity index (χ1v) is 4.87. The number of hydrogen-bond acceptors (Lipinski definition) is 0. The van der Waals surface area contributed by atoms with E-state index in [-0.39, 0.29) is 6.42 Å². The van der Waals surface area contributed by atoms with Crippen LogP contribution in [0.5, 0.6) is 0 Å². The molecule has 0 aromatic heterocycles. The van der Waals surface area contributed by atoms with E-state index in [0.29, 0.717) is 5.56 Å². The van der Waals surface area contributed by atoms with Gasteiger partial charge in [0.15, 0.2) is 23.3 Å². The molecule has 4 heteroatoms. The van der Waals surface area contributed by atoms with Gasteiger partial charge in [-0.25, -0.2) is 17.6 Å². The summed E-state index contributed by atoms with van der Waals surface area (Å²) in [5.74, 6) is -5.80. The number of halogens is 4. The Kier molecular flexibility index (Phi) is 3.13. The van der Waals surface area contributed by atoms with E-state index in [1.807, 2.05) is 0 Å². The molecule has 0 spiro atoms. The van der Waals surface area contributed by atoms with Crippen LogP contribution in [0.4, 0.5) is 17.6 Å². The molecule has 0 nitrogen and oxygen atoms in total. The van der Waals surface area contributed by atoms with Crippen molar-refractivity contribution in [3.63, 3.8) is 0 Å². The zero-order chi connectivity index (χ0) is 12.4. The third kappa shape index (κ3) is 2.30. The van der Waals surface area contributed by atoms with Crippen molar-refractivity contribution in [1.29, 1.82) is 0 Å². The normalized spacial score (nSPS) is 10.6. The van der Waals surface area contributed by atoms with Crippen molar-refractivity contribution < 1.29 is 17.6 Å². The van der Waals surface area contributed by atoms with Crippen molar-refractivity contribution in [2.24, 2.45) is 0 Å². The monoisotopic (exact) mass is 239 g/mol. The average molecular weight is 239 g/mol. The van der Waals surface area contributed by atoms with E-state index in [1.54, 1.807) is 30.3 Å². The van der Waals surface area contributed by atoms with Gasteiger partial charge in [0.25, 0.3) is 0 Å². The molecule has 0 saturated heterocycles. The third-order valence-electron chi connectivity index (χ3n) is 2.36. The Balaban J connectivity index is 2.46. The second-order valence-electron chi connectivity index (χ2n) is 3.52. The molecular formula is C13H7F4. The van der Waals surface area contributed by atoms with Gasteiger partial charge in [0, 0.05) is 12.0 Å². The van der Waals surface area contributed by atoms with Crippen molar-refractivity contribution in [3.05, 3.63) is 70.8 Å². The molecule has 0 heterocycles. The fourth-order valence-corrected chi connectivity index (χ4v) is 1.52. The van der Waals surface area contributed by atoms with E-state index in [2.05, 4.69) is 0 Å². The van der Waals surface area contributed by atoms with Crippen LogP contribution in [-0.2, 0) is 6.42 Å². The molecule has 0 amide bonds. The highest BCUT2D eigenvalue weighted by molar-refractivity contribution is 5.29. The maximum absolute atomic E-state index is 13.3. The molecule has 2 rings (SSSR count). The lowest BCUT2D eigenvalue weighted by molar-refractivity contribution is 0.439. The smallest absolute Gasteiger partial charge is 0.170 e. The van der Waals surface area contributed by atoms with Crippen LogP contribution in [0.15, 0.2) is 30.3 Å². The van der Waals surface area contributed by atoms with Crippen LogP contribution in [0.25, 0.3) is 0 Å². The lowest BCUT2D eigenvalue weighted by atomic mass is 10.0. The summed E-state index contributed by atoms with van der Waals surface area (Å²) in [5.41, 5.74) is -0.0553. The van der Waals surface area contributed by atoms with Gasteiger partial charge in [-0.3, -0.25) is 0 Å². The molecule has 0 saturated carbocycles. The average Bonchev–Trinajstić information content (AvgIpc) is 2.33. The van der Waals surface area contributed by atoms with Crippen LogP contribution in [0.3, 0.4) is 0 Å². The Bertz CT molecular complexity index is 509. The summed E-state index contributed by atoms with van der Waals surface area (Å²) in [5, 5.41) is 0. The molecule has 0 aliphatic rings. The maximum Gasteiger partial charge on any atom is 0.170 e. The van der Waals surface area contributed by atoms with E-state index < -0.39 is 28.8 Å². The van der Waals surface area contributed by atoms with Crippen molar-refractivity contribution in [2.45, 2.75) is 6.42 Å². The minimum atomic E-state index is -1.50. The van der Waals surface area contributed by atoms with E-state index >= 15 is 0 Å². The highest BCUT2D eigenvalue weighted by Crippen LogP contribution is 2.21. The van der Waals surface area contributed by atoms with E-state index in [9.17, 15) is 17.6 Å². The fraction of sp³-hybridized carbons (Fsp3) is 0.0769. The molecule has 87 valence electrons. The minimum Gasteiger partial charge on any atom is -0.203 e. The van der Waals surface area contributed by atoms with Gasteiger partial charge in [0.05, 0.1) is 6.07 Å². The Hall–Kier alpha value is -1.84. The molecule has 0 aliphatic heterocycles. The lowest BCUT2D eigenvalue weighted by Gasteiger charge is -2.06. The van der Waals surface area contributed by atoms with Crippen molar-refractivity contribution >= 4 is 0 Å².